The number of nitrogens with zero attached hydrogens (tertiary/aromatic N) is 2. The summed E-state index contributed by atoms with van der Waals surface area (Å²) in [6.07, 6.45) is 0. The van der Waals surface area contributed by atoms with Gasteiger partial charge in [-0.1, -0.05) is 66.7 Å². The van der Waals surface area contributed by atoms with E-state index >= 15 is 0 Å². The predicted octanol–water partition coefficient (Wildman–Crippen LogP) is 11.2. The van der Waals surface area contributed by atoms with Crippen LogP contribution in [-0.2, 0) is 0 Å². The zero-order chi connectivity index (χ0) is 27.6. The second-order valence-electron chi connectivity index (χ2n) is 10.4. The second-order valence-corrected chi connectivity index (χ2v) is 11.4. The van der Waals surface area contributed by atoms with Gasteiger partial charge in [0.05, 0.1) is 15.8 Å². The lowest BCUT2D eigenvalue weighted by Gasteiger charge is -2.26. The average Bonchev–Trinajstić information content (AvgIpc) is 3.75. The molecular formula is C37H22N2O2S. The molecule has 0 aliphatic rings. The fourth-order valence-corrected chi connectivity index (χ4v) is 7.20. The van der Waals surface area contributed by atoms with Gasteiger partial charge in [-0.05, 0) is 66.7 Å². The predicted molar refractivity (Wildman–Crippen MR) is 174 cm³/mol. The lowest BCUT2D eigenvalue weighted by molar-refractivity contribution is 0.622. The molecule has 0 aliphatic heterocycles. The van der Waals surface area contributed by atoms with Gasteiger partial charge in [-0.3, -0.25) is 0 Å². The highest BCUT2D eigenvalue weighted by Gasteiger charge is 2.21. The lowest BCUT2D eigenvalue weighted by atomic mass is 10.1. The number of anilines is 3. The van der Waals surface area contributed by atoms with Crippen molar-refractivity contribution in [1.29, 1.82) is 0 Å². The number of rotatable bonds is 4. The van der Waals surface area contributed by atoms with Gasteiger partial charge in [-0.25, -0.2) is 4.98 Å². The molecule has 6 aromatic carbocycles. The average molecular weight is 559 g/mol. The maximum atomic E-state index is 6.41. The Kier molecular flexibility index (Phi) is 5.03. The summed E-state index contributed by atoms with van der Waals surface area (Å²) in [6, 6.07) is 46.1. The monoisotopic (exact) mass is 558 g/mol. The van der Waals surface area contributed by atoms with Gasteiger partial charge in [-0.15, -0.1) is 11.3 Å². The third-order valence-electron chi connectivity index (χ3n) is 7.89. The smallest absolute Gasteiger partial charge is 0.227 e. The number of hydrogen-bond donors (Lipinski definition) is 0. The highest BCUT2D eigenvalue weighted by atomic mass is 32.1. The molecule has 0 bridgehead atoms. The van der Waals surface area contributed by atoms with E-state index in [1.54, 1.807) is 0 Å². The molecule has 0 saturated carbocycles. The summed E-state index contributed by atoms with van der Waals surface area (Å²) >= 11 is 1.83. The van der Waals surface area contributed by atoms with Crippen molar-refractivity contribution >= 4 is 81.6 Å². The number of hydrogen-bond acceptors (Lipinski definition) is 5. The number of thiophene rings is 1. The fraction of sp³-hybridized carbons (Fsp3) is 0. The summed E-state index contributed by atoms with van der Waals surface area (Å²) in [6.45, 7) is 0. The van der Waals surface area contributed by atoms with Crippen molar-refractivity contribution in [3.8, 4) is 11.5 Å². The van der Waals surface area contributed by atoms with Gasteiger partial charge in [0.2, 0.25) is 5.89 Å². The Morgan fingerprint density at radius 3 is 2.21 bits per heavy atom. The van der Waals surface area contributed by atoms with Gasteiger partial charge >= 0.3 is 0 Å². The molecule has 0 unspecified atom stereocenters. The number of furan rings is 1. The minimum Gasteiger partial charge on any atom is -0.456 e. The molecule has 4 nitrogen and oxygen atoms in total. The third kappa shape index (κ3) is 3.51. The molecular weight excluding hydrogens is 536 g/mol. The van der Waals surface area contributed by atoms with E-state index in [1.807, 2.05) is 53.8 Å². The van der Waals surface area contributed by atoms with Crippen molar-refractivity contribution in [2.75, 3.05) is 4.90 Å². The summed E-state index contributed by atoms with van der Waals surface area (Å²) in [5.41, 5.74) is 7.36. The topological polar surface area (TPSA) is 42.4 Å². The summed E-state index contributed by atoms with van der Waals surface area (Å²) in [7, 11) is 0. The molecule has 3 aromatic heterocycles. The molecule has 9 rings (SSSR count). The van der Waals surface area contributed by atoms with Gasteiger partial charge < -0.3 is 13.7 Å². The van der Waals surface area contributed by atoms with Crippen molar-refractivity contribution < 1.29 is 8.83 Å². The van der Waals surface area contributed by atoms with Gasteiger partial charge in [0, 0.05) is 37.8 Å². The van der Waals surface area contributed by atoms with Crippen LogP contribution in [0, 0.1) is 0 Å². The van der Waals surface area contributed by atoms with E-state index in [4.69, 9.17) is 13.8 Å². The van der Waals surface area contributed by atoms with Crippen molar-refractivity contribution in [3.63, 3.8) is 0 Å². The Balaban J connectivity index is 1.30. The molecule has 0 spiro atoms. The molecule has 198 valence electrons. The van der Waals surface area contributed by atoms with Crippen LogP contribution in [0.1, 0.15) is 0 Å². The summed E-state index contributed by atoms with van der Waals surface area (Å²) in [5, 5.41) is 4.48. The molecule has 0 amide bonds. The first-order valence-electron chi connectivity index (χ1n) is 13.9. The maximum Gasteiger partial charge on any atom is 0.227 e. The van der Waals surface area contributed by atoms with Crippen molar-refractivity contribution in [3.05, 3.63) is 133 Å². The minimum atomic E-state index is 0.603. The molecule has 0 aliphatic carbocycles. The molecule has 5 heteroatoms. The number of oxazole rings is 1. The number of benzene rings is 6. The van der Waals surface area contributed by atoms with Crippen LogP contribution in [0.5, 0.6) is 0 Å². The van der Waals surface area contributed by atoms with Crippen molar-refractivity contribution in [1.82, 2.24) is 4.98 Å². The van der Waals surface area contributed by atoms with Crippen LogP contribution in [0.25, 0.3) is 64.7 Å². The second kappa shape index (κ2) is 9.06. The number of para-hydroxylation sites is 1. The van der Waals surface area contributed by atoms with E-state index in [2.05, 4.69) is 95.9 Å². The number of aromatic nitrogens is 1. The van der Waals surface area contributed by atoms with Gasteiger partial charge in [0.15, 0.2) is 5.58 Å². The van der Waals surface area contributed by atoms with Crippen LogP contribution in [0.2, 0.25) is 0 Å². The lowest BCUT2D eigenvalue weighted by Crippen LogP contribution is -2.09. The van der Waals surface area contributed by atoms with E-state index in [1.165, 1.54) is 20.2 Å². The van der Waals surface area contributed by atoms with E-state index in [-0.39, 0.29) is 0 Å². The van der Waals surface area contributed by atoms with Gasteiger partial charge in [0.25, 0.3) is 0 Å². The van der Waals surface area contributed by atoms with Gasteiger partial charge in [-0.2, -0.15) is 0 Å². The fourth-order valence-electron chi connectivity index (χ4n) is 5.99. The first-order chi connectivity index (χ1) is 20.8. The van der Waals surface area contributed by atoms with E-state index in [0.717, 1.165) is 55.7 Å². The highest BCUT2D eigenvalue weighted by Crippen LogP contribution is 2.46. The normalized spacial score (nSPS) is 11.8. The summed E-state index contributed by atoms with van der Waals surface area (Å²) in [4.78, 5) is 7.15. The quantitative estimate of drug-likeness (QED) is 0.215. The molecule has 0 atom stereocenters. The Hall–Kier alpha value is -5.39. The molecule has 0 saturated heterocycles. The molecule has 9 aromatic rings. The van der Waals surface area contributed by atoms with Crippen LogP contribution in [0.4, 0.5) is 17.1 Å². The van der Waals surface area contributed by atoms with E-state index < -0.39 is 0 Å². The minimum absolute atomic E-state index is 0.603. The van der Waals surface area contributed by atoms with Gasteiger partial charge in [0.1, 0.15) is 16.7 Å². The number of fused-ring (bicyclic) bond motifs is 8. The Morgan fingerprint density at radius 2 is 1.33 bits per heavy atom. The molecule has 0 radical (unpaired) electrons. The summed E-state index contributed by atoms with van der Waals surface area (Å²) < 4.78 is 15.3. The Morgan fingerprint density at radius 1 is 0.571 bits per heavy atom. The summed E-state index contributed by atoms with van der Waals surface area (Å²) in [5.74, 6) is 0.603. The van der Waals surface area contributed by atoms with Crippen LogP contribution in [0.15, 0.2) is 142 Å². The first kappa shape index (κ1) is 23.3. The van der Waals surface area contributed by atoms with Crippen LogP contribution in [0.3, 0.4) is 0 Å². The van der Waals surface area contributed by atoms with Crippen molar-refractivity contribution in [2.45, 2.75) is 0 Å². The molecule has 3 heterocycles. The molecule has 0 N–H and O–H groups in total. The SMILES string of the molecule is c1ccc(-c2nc3ccc4oc5ccc(N(c6ccccc6)c6cccc7c6sc6ccccc67)cc5c4c3o2)cc1. The maximum absolute atomic E-state index is 6.41. The van der Waals surface area contributed by atoms with Crippen molar-refractivity contribution in [2.24, 2.45) is 0 Å². The molecule has 0 fully saturated rings. The highest BCUT2D eigenvalue weighted by molar-refractivity contribution is 7.26. The third-order valence-corrected chi connectivity index (χ3v) is 9.10. The van der Waals surface area contributed by atoms with Crippen LogP contribution < -0.4 is 4.90 Å². The zero-order valence-electron chi connectivity index (χ0n) is 22.3. The van der Waals surface area contributed by atoms with E-state index in [0.29, 0.717) is 5.89 Å². The van der Waals surface area contributed by atoms with E-state index in [9.17, 15) is 0 Å². The Labute approximate surface area is 244 Å². The van der Waals surface area contributed by atoms with Crippen LogP contribution in [-0.4, -0.2) is 4.98 Å². The largest absolute Gasteiger partial charge is 0.456 e. The zero-order valence-corrected chi connectivity index (χ0v) is 23.1. The Bertz CT molecular complexity index is 2420. The first-order valence-corrected chi connectivity index (χ1v) is 14.7. The standard InChI is InChI=1S/C37H22N2O2S/c1-3-10-23(11-4-1)37-38-29-19-21-32-34(35(29)41-37)28-22-25(18-20-31(28)40-32)39(24-12-5-2-6-13-24)30-16-9-15-27-26-14-7-8-17-33(26)42-36(27)30/h1-22H. The molecule has 42 heavy (non-hydrogen) atoms. The van der Waals surface area contributed by atoms with Crippen LogP contribution >= 0.6 is 11.3 Å².